The Hall–Kier alpha value is -1.88. The monoisotopic (exact) mass is 291 g/mol. The van der Waals surface area contributed by atoms with E-state index in [2.05, 4.69) is 4.98 Å². The van der Waals surface area contributed by atoms with Crippen molar-refractivity contribution >= 4 is 17.3 Å². The van der Waals surface area contributed by atoms with Crippen molar-refractivity contribution in [3.8, 4) is 16.2 Å². The number of benzene rings is 1. The zero-order chi connectivity index (χ0) is 14.9. The van der Waals surface area contributed by atoms with E-state index < -0.39 is 5.97 Å². The molecule has 0 saturated heterocycles. The molecule has 0 atom stereocenters. The number of para-hydroxylation sites is 1. The van der Waals surface area contributed by atoms with Crippen LogP contribution in [0.1, 0.15) is 36.3 Å². The van der Waals surface area contributed by atoms with Gasteiger partial charge in [-0.25, -0.2) is 9.78 Å². The Labute approximate surface area is 122 Å². The lowest BCUT2D eigenvalue weighted by Gasteiger charge is -2.13. The molecule has 0 saturated carbocycles. The molecule has 4 nitrogen and oxygen atoms in total. The standard InChI is InChI=1S/C15H17NO3S/c1-15(2,3)14-16-11(13(17)18)12(20-14)9-7-5-6-8-10(9)19-4/h5-8H,1-4H3,(H,17,18). The van der Waals surface area contributed by atoms with Crippen LogP contribution in [-0.2, 0) is 5.41 Å². The molecular weight excluding hydrogens is 274 g/mol. The highest BCUT2D eigenvalue weighted by Gasteiger charge is 2.26. The van der Waals surface area contributed by atoms with Crippen LogP contribution in [0.5, 0.6) is 5.75 Å². The molecule has 1 aromatic carbocycles. The SMILES string of the molecule is COc1ccccc1-c1sc(C(C)(C)C)nc1C(=O)O. The molecule has 2 rings (SSSR count). The first kappa shape index (κ1) is 14.5. The lowest BCUT2D eigenvalue weighted by molar-refractivity contribution is 0.0692. The molecule has 0 spiro atoms. The predicted octanol–water partition coefficient (Wildman–Crippen LogP) is 3.81. The van der Waals surface area contributed by atoms with Crippen molar-refractivity contribution in [3.63, 3.8) is 0 Å². The van der Waals surface area contributed by atoms with Gasteiger partial charge in [-0.1, -0.05) is 32.9 Å². The molecule has 0 aliphatic heterocycles. The highest BCUT2D eigenvalue weighted by molar-refractivity contribution is 7.15. The average Bonchev–Trinajstić information content (AvgIpc) is 2.83. The van der Waals surface area contributed by atoms with E-state index in [-0.39, 0.29) is 11.1 Å². The van der Waals surface area contributed by atoms with E-state index in [1.54, 1.807) is 7.11 Å². The van der Waals surface area contributed by atoms with Crippen LogP contribution in [0.3, 0.4) is 0 Å². The van der Waals surface area contributed by atoms with Crippen LogP contribution in [0.4, 0.5) is 0 Å². The number of carboxylic acid groups (broad SMARTS) is 1. The number of thiazole rings is 1. The van der Waals surface area contributed by atoms with Crippen molar-refractivity contribution in [2.24, 2.45) is 0 Å². The molecular formula is C15H17NO3S. The first-order valence-electron chi connectivity index (χ1n) is 6.22. The van der Waals surface area contributed by atoms with Crippen LogP contribution in [0.2, 0.25) is 0 Å². The minimum absolute atomic E-state index is 0.0874. The number of aromatic nitrogens is 1. The minimum Gasteiger partial charge on any atom is -0.496 e. The summed E-state index contributed by atoms with van der Waals surface area (Å²) in [6, 6.07) is 7.39. The number of hydrogen-bond donors (Lipinski definition) is 1. The van der Waals surface area contributed by atoms with Gasteiger partial charge in [-0.15, -0.1) is 11.3 Å². The topological polar surface area (TPSA) is 59.4 Å². The normalized spacial score (nSPS) is 11.4. The highest BCUT2D eigenvalue weighted by Crippen LogP contribution is 2.39. The Bertz CT molecular complexity index is 641. The molecule has 0 amide bonds. The number of carbonyl (C=O) groups is 1. The van der Waals surface area contributed by atoms with Crippen molar-refractivity contribution in [3.05, 3.63) is 35.0 Å². The second kappa shape index (κ2) is 5.25. The summed E-state index contributed by atoms with van der Waals surface area (Å²) in [6.07, 6.45) is 0. The molecule has 0 radical (unpaired) electrons. The molecule has 0 bridgehead atoms. The van der Waals surface area contributed by atoms with E-state index in [0.29, 0.717) is 10.6 Å². The molecule has 5 heteroatoms. The number of nitrogens with zero attached hydrogens (tertiary/aromatic N) is 1. The first-order chi connectivity index (χ1) is 9.34. The van der Waals surface area contributed by atoms with Gasteiger partial charge in [-0.3, -0.25) is 0 Å². The summed E-state index contributed by atoms with van der Waals surface area (Å²) in [5.74, 6) is -0.364. The van der Waals surface area contributed by atoms with Gasteiger partial charge in [0.1, 0.15) is 5.75 Å². The fraction of sp³-hybridized carbons (Fsp3) is 0.333. The zero-order valence-corrected chi connectivity index (χ0v) is 12.7. The van der Waals surface area contributed by atoms with Crippen molar-refractivity contribution in [2.45, 2.75) is 26.2 Å². The number of ether oxygens (including phenoxy) is 1. The fourth-order valence-corrected chi connectivity index (χ4v) is 2.95. The number of rotatable bonds is 3. The maximum atomic E-state index is 11.4. The number of methoxy groups -OCH3 is 1. The smallest absolute Gasteiger partial charge is 0.356 e. The second-order valence-corrected chi connectivity index (χ2v) is 6.45. The third-order valence-corrected chi connectivity index (χ3v) is 4.34. The summed E-state index contributed by atoms with van der Waals surface area (Å²) in [5.41, 5.74) is 0.666. The molecule has 1 aromatic heterocycles. The molecule has 0 unspecified atom stereocenters. The molecule has 2 aromatic rings. The van der Waals surface area contributed by atoms with Gasteiger partial charge in [-0.05, 0) is 12.1 Å². The van der Waals surface area contributed by atoms with Crippen LogP contribution < -0.4 is 4.74 Å². The van der Waals surface area contributed by atoms with Crippen LogP contribution in [-0.4, -0.2) is 23.2 Å². The highest BCUT2D eigenvalue weighted by atomic mass is 32.1. The van der Waals surface area contributed by atoms with Gasteiger partial charge in [-0.2, -0.15) is 0 Å². The lowest BCUT2D eigenvalue weighted by Crippen LogP contribution is -2.11. The average molecular weight is 291 g/mol. The second-order valence-electron chi connectivity index (χ2n) is 5.45. The molecule has 106 valence electrons. The maximum Gasteiger partial charge on any atom is 0.356 e. The van der Waals surface area contributed by atoms with Gasteiger partial charge in [0.05, 0.1) is 17.0 Å². The van der Waals surface area contributed by atoms with Gasteiger partial charge in [0.25, 0.3) is 0 Å². The molecule has 1 heterocycles. The van der Waals surface area contributed by atoms with Crippen molar-refractivity contribution in [1.82, 2.24) is 4.98 Å². The molecule has 20 heavy (non-hydrogen) atoms. The van der Waals surface area contributed by atoms with Crippen LogP contribution in [0.15, 0.2) is 24.3 Å². The number of carboxylic acids is 1. The first-order valence-corrected chi connectivity index (χ1v) is 7.04. The summed E-state index contributed by atoms with van der Waals surface area (Å²) in [4.78, 5) is 16.4. The Kier molecular flexibility index (Phi) is 3.81. The Morgan fingerprint density at radius 1 is 1.30 bits per heavy atom. The Morgan fingerprint density at radius 3 is 2.50 bits per heavy atom. The van der Waals surface area contributed by atoms with E-state index in [1.807, 2.05) is 45.0 Å². The lowest BCUT2D eigenvalue weighted by atomic mass is 9.98. The molecule has 0 aliphatic carbocycles. The van der Waals surface area contributed by atoms with Crippen LogP contribution >= 0.6 is 11.3 Å². The van der Waals surface area contributed by atoms with Gasteiger partial charge in [0.2, 0.25) is 0 Å². The van der Waals surface area contributed by atoms with Gasteiger partial charge in [0.15, 0.2) is 5.69 Å². The molecule has 1 N–H and O–H groups in total. The predicted molar refractivity (Wildman–Crippen MR) is 79.8 cm³/mol. The van der Waals surface area contributed by atoms with Gasteiger partial charge < -0.3 is 9.84 Å². The number of hydrogen-bond acceptors (Lipinski definition) is 4. The maximum absolute atomic E-state index is 11.4. The van der Waals surface area contributed by atoms with Crippen molar-refractivity contribution in [1.29, 1.82) is 0 Å². The minimum atomic E-state index is -1.02. The Morgan fingerprint density at radius 2 is 1.95 bits per heavy atom. The molecule has 0 fully saturated rings. The van der Waals surface area contributed by atoms with E-state index >= 15 is 0 Å². The fourth-order valence-electron chi connectivity index (χ4n) is 1.80. The summed E-state index contributed by atoms with van der Waals surface area (Å²) in [6.45, 7) is 6.05. The van der Waals surface area contributed by atoms with Gasteiger partial charge >= 0.3 is 5.97 Å². The summed E-state index contributed by atoms with van der Waals surface area (Å²) >= 11 is 1.41. The van der Waals surface area contributed by atoms with Gasteiger partial charge in [0, 0.05) is 11.0 Å². The third-order valence-electron chi connectivity index (χ3n) is 2.82. The quantitative estimate of drug-likeness (QED) is 0.934. The molecule has 0 aliphatic rings. The zero-order valence-electron chi connectivity index (χ0n) is 11.9. The van der Waals surface area contributed by atoms with Crippen LogP contribution in [0.25, 0.3) is 10.4 Å². The van der Waals surface area contributed by atoms with Crippen LogP contribution in [0, 0.1) is 0 Å². The largest absolute Gasteiger partial charge is 0.496 e. The number of aromatic carboxylic acids is 1. The van der Waals surface area contributed by atoms with Crippen molar-refractivity contribution < 1.29 is 14.6 Å². The Balaban J connectivity index is 2.67. The third kappa shape index (κ3) is 2.67. The summed E-state index contributed by atoms with van der Waals surface area (Å²) < 4.78 is 5.32. The van der Waals surface area contributed by atoms with E-state index in [0.717, 1.165) is 10.6 Å². The van der Waals surface area contributed by atoms with Crippen molar-refractivity contribution in [2.75, 3.05) is 7.11 Å². The summed E-state index contributed by atoms with van der Waals surface area (Å²) in [5, 5.41) is 10.2. The van der Waals surface area contributed by atoms with E-state index in [9.17, 15) is 9.90 Å². The van der Waals surface area contributed by atoms with E-state index in [4.69, 9.17) is 4.74 Å². The summed E-state index contributed by atoms with van der Waals surface area (Å²) in [7, 11) is 1.57. The van der Waals surface area contributed by atoms with E-state index in [1.165, 1.54) is 11.3 Å².